The highest BCUT2D eigenvalue weighted by Crippen LogP contribution is 2.22. The van der Waals surface area contributed by atoms with E-state index in [9.17, 15) is 4.79 Å². The average molecular weight is 303 g/mol. The molecule has 0 saturated carbocycles. The van der Waals surface area contributed by atoms with Crippen LogP contribution in [0.15, 0.2) is 30.9 Å². The lowest BCUT2D eigenvalue weighted by molar-refractivity contribution is 0.0958. The summed E-state index contributed by atoms with van der Waals surface area (Å²) in [6.07, 6.45) is 5.52. The summed E-state index contributed by atoms with van der Waals surface area (Å²) in [7, 11) is 0. The van der Waals surface area contributed by atoms with Gasteiger partial charge in [-0.05, 0) is 44.1 Å². The number of piperidine rings is 1. The van der Waals surface area contributed by atoms with Crippen LogP contribution in [0.5, 0.6) is 5.75 Å². The molecule has 22 heavy (non-hydrogen) atoms. The number of nitrogens with two attached hydrogens (primary N) is 1. The molecule has 120 valence electrons. The molecule has 1 aromatic rings. The zero-order valence-electron chi connectivity index (χ0n) is 13.0. The first-order valence-corrected chi connectivity index (χ1v) is 7.84. The van der Waals surface area contributed by atoms with E-state index >= 15 is 0 Å². The van der Waals surface area contributed by atoms with Crippen LogP contribution in [-0.4, -0.2) is 43.6 Å². The number of nitrogens with one attached hydrogen (secondary N) is 1. The highest BCUT2D eigenvalue weighted by Gasteiger charge is 2.11. The number of nitrogen functional groups attached to an aromatic ring is 1. The number of rotatable bonds is 7. The van der Waals surface area contributed by atoms with E-state index in [0.29, 0.717) is 30.2 Å². The van der Waals surface area contributed by atoms with Gasteiger partial charge in [0.15, 0.2) is 0 Å². The second-order valence-corrected chi connectivity index (χ2v) is 5.50. The molecule has 3 N–H and O–H groups in total. The Kier molecular flexibility index (Phi) is 6.27. The van der Waals surface area contributed by atoms with Gasteiger partial charge in [0.1, 0.15) is 12.4 Å². The molecule has 0 atom stereocenters. The van der Waals surface area contributed by atoms with Gasteiger partial charge in [-0.15, -0.1) is 6.58 Å². The summed E-state index contributed by atoms with van der Waals surface area (Å²) < 4.78 is 5.74. The van der Waals surface area contributed by atoms with E-state index in [0.717, 1.165) is 19.6 Å². The van der Waals surface area contributed by atoms with Crippen molar-refractivity contribution in [3.63, 3.8) is 0 Å². The van der Waals surface area contributed by atoms with Crippen LogP contribution >= 0.6 is 0 Å². The zero-order valence-corrected chi connectivity index (χ0v) is 13.0. The molecule has 0 radical (unpaired) electrons. The first-order valence-electron chi connectivity index (χ1n) is 7.84. The van der Waals surface area contributed by atoms with Crippen molar-refractivity contribution < 1.29 is 9.53 Å². The standard InChI is InChI=1S/C17H25N3O2/c1-2-8-19-17(21)14-6-7-16(15(18)13-14)22-12-11-20-9-4-3-5-10-20/h2,6-7,13H,1,3-5,8-12,18H2,(H,19,21). The van der Waals surface area contributed by atoms with Crippen LogP contribution in [0.4, 0.5) is 5.69 Å². The molecule has 1 heterocycles. The van der Waals surface area contributed by atoms with Crippen molar-refractivity contribution in [1.29, 1.82) is 0 Å². The molecule has 0 bridgehead atoms. The van der Waals surface area contributed by atoms with Crippen LogP contribution in [0.1, 0.15) is 29.6 Å². The highest BCUT2D eigenvalue weighted by atomic mass is 16.5. The zero-order chi connectivity index (χ0) is 15.8. The predicted molar refractivity (Wildman–Crippen MR) is 89.2 cm³/mol. The minimum absolute atomic E-state index is 0.161. The van der Waals surface area contributed by atoms with Crippen molar-refractivity contribution in [1.82, 2.24) is 10.2 Å². The summed E-state index contributed by atoms with van der Waals surface area (Å²) in [5, 5.41) is 2.72. The quantitative estimate of drug-likeness (QED) is 0.597. The molecule has 5 nitrogen and oxygen atoms in total. The van der Waals surface area contributed by atoms with Gasteiger partial charge in [0, 0.05) is 18.7 Å². The number of carbonyl (C=O) groups is 1. The van der Waals surface area contributed by atoms with Gasteiger partial charge < -0.3 is 15.8 Å². The maximum Gasteiger partial charge on any atom is 0.251 e. The van der Waals surface area contributed by atoms with Crippen molar-refractivity contribution in [3.05, 3.63) is 36.4 Å². The number of benzene rings is 1. The van der Waals surface area contributed by atoms with E-state index in [1.165, 1.54) is 19.3 Å². The molecule has 1 saturated heterocycles. The van der Waals surface area contributed by atoms with Crippen molar-refractivity contribution in [2.24, 2.45) is 0 Å². The number of hydrogen-bond donors (Lipinski definition) is 2. The van der Waals surface area contributed by atoms with Gasteiger partial charge in [0.25, 0.3) is 5.91 Å². The highest BCUT2D eigenvalue weighted by molar-refractivity contribution is 5.95. The topological polar surface area (TPSA) is 67.6 Å². The Hall–Kier alpha value is -2.01. The maximum atomic E-state index is 11.8. The first-order chi connectivity index (χ1) is 10.7. The first kappa shape index (κ1) is 16.4. The summed E-state index contributed by atoms with van der Waals surface area (Å²) in [5.74, 6) is 0.476. The van der Waals surface area contributed by atoms with Gasteiger partial charge in [0.05, 0.1) is 5.69 Å². The molecule has 1 aliphatic heterocycles. The second-order valence-electron chi connectivity index (χ2n) is 5.50. The number of ether oxygens (including phenoxy) is 1. The Morgan fingerprint density at radius 2 is 2.14 bits per heavy atom. The maximum absolute atomic E-state index is 11.8. The number of amides is 1. The molecular formula is C17H25N3O2. The molecule has 0 aliphatic carbocycles. The number of carbonyl (C=O) groups excluding carboxylic acids is 1. The fraction of sp³-hybridized carbons (Fsp3) is 0.471. The molecular weight excluding hydrogens is 278 g/mol. The van der Waals surface area contributed by atoms with Gasteiger partial charge in [-0.3, -0.25) is 9.69 Å². The third kappa shape index (κ3) is 4.77. The van der Waals surface area contributed by atoms with E-state index in [2.05, 4.69) is 16.8 Å². The van der Waals surface area contributed by atoms with E-state index < -0.39 is 0 Å². The Balaban J connectivity index is 1.83. The lowest BCUT2D eigenvalue weighted by Gasteiger charge is -2.26. The lowest BCUT2D eigenvalue weighted by atomic mass is 10.1. The van der Waals surface area contributed by atoms with Crippen molar-refractivity contribution in [2.45, 2.75) is 19.3 Å². The molecule has 2 rings (SSSR count). The lowest BCUT2D eigenvalue weighted by Crippen LogP contribution is -2.33. The molecule has 5 heteroatoms. The molecule has 1 aliphatic rings. The van der Waals surface area contributed by atoms with Gasteiger partial charge >= 0.3 is 0 Å². The normalized spacial score (nSPS) is 15.3. The van der Waals surface area contributed by atoms with Crippen LogP contribution in [0.25, 0.3) is 0 Å². The van der Waals surface area contributed by atoms with Gasteiger partial charge in [0.2, 0.25) is 0 Å². The van der Waals surface area contributed by atoms with E-state index in [1.807, 2.05) is 0 Å². The predicted octanol–water partition coefficient (Wildman–Crippen LogP) is 2.05. The molecule has 1 aromatic carbocycles. The molecule has 0 aromatic heterocycles. The monoisotopic (exact) mass is 303 g/mol. The third-order valence-corrected chi connectivity index (χ3v) is 3.79. The summed E-state index contributed by atoms with van der Waals surface area (Å²) >= 11 is 0. The fourth-order valence-corrected chi connectivity index (χ4v) is 2.56. The number of nitrogens with zero attached hydrogens (tertiary/aromatic N) is 1. The van der Waals surface area contributed by atoms with E-state index in [-0.39, 0.29) is 5.91 Å². The Morgan fingerprint density at radius 1 is 1.36 bits per heavy atom. The summed E-state index contributed by atoms with van der Waals surface area (Å²) in [5.41, 5.74) is 6.99. The third-order valence-electron chi connectivity index (χ3n) is 3.79. The molecule has 0 unspecified atom stereocenters. The minimum atomic E-state index is -0.161. The Bertz CT molecular complexity index is 511. The SMILES string of the molecule is C=CCNC(=O)c1ccc(OCCN2CCCCC2)c(N)c1. The summed E-state index contributed by atoms with van der Waals surface area (Å²) in [6.45, 7) is 7.85. The minimum Gasteiger partial charge on any atom is -0.490 e. The van der Waals surface area contributed by atoms with Crippen molar-refractivity contribution >= 4 is 11.6 Å². The van der Waals surface area contributed by atoms with Crippen LogP contribution in [-0.2, 0) is 0 Å². The van der Waals surface area contributed by atoms with Gasteiger partial charge in [-0.25, -0.2) is 0 Å². The van der Waals surface area contributed by atoms with E-state index in [1.54, 1.807) is 24.3 Å². The van der Waals surface area contributed by atoms with Crippen LogP contribution in [0.3, 0.4) is 0 Å². The fourth-order valence-electron chi connectivity index (χ4n) is 2.56. The smallest absolute Gasteiger partial charge is 0.251 e. The van der Waals surface area contributed by atoms with Crippen molar-refractivity contribution in [3.8, 4) is 5.75 Å². The van der Waals surface area contributed by atoms with Gasteiger partial charge in [-0.2, -0.15) is 0 Å². The summed E-state index contributed by atoms with van der Waals surface area (Å²) in [6, 6.07) is 5.13. The van der Waals surface area contributed by atoms with Crippen LogP contribution in [0, 0.1) is 0 Å². The second kappa shape index (κ2) is 8.44. The number of anilines is 1. The van der Waals surface area contributed by atoms with Crippen LogP contribution < -0.4 is 15.8 Å². The largest absolute Gasteiger partial charge is 0.490 e. The number of likely N-dealkylation sites (tertiary alicyclic amines) is 1. The molecule has 1 fully saturated rings. The van der Waals surface area contributed by atoms with Crippen LogP contribution in [0.2, 0.25) is 0 Å². The van der Waals surface area contributed by atoms with Gasteiger partial charge in [-0.1, -0.05) is 12.5 Å². The number of hydrogen-bond acceptors (Lipinski definition) is 4. The Morgan fingerprint density at radius 3 is 2.82 bits per heavy atom. The van der Waals surface area contributed by atoms with Crippen molar-refractivity contribution in [2.75, 3.05) is 38.5 Å². The average Bonchev–Trinajstić information content (AvgIpc) is 2.55. The van der Waals surface area contributed by atoms with E-state index in [4.69, 9.17) is 10.5 Å². The molecule has 0 spiro atoms. The molecule has 1 amide bonds. The summed E-state index contributed by atoms with van der Waals surface area (Å²) in [4.78, 5) is 14.2. The Labute approximate surface area is 132 Å².